The zero-order chi connectivity index (χ0) is 14.3. The van der Waals surface area contributed by atoms with E-state index < -0.39 is 0 Å². The second-order valence-corrected chi connectivity index (χ2v) is 5.13. The van der Waals surface area contributed by atoms with Crippen LogP contribution in [-0.4, -0.2) is 0 Å². The number of ether oxygens (including phenoxy) is 1. The van der Waals surface area contributed by atoms with Crippen molar-refractivity contribution in [1.82, 2.24) is 0 Å². The molecular weight excluding hydrogens is 220 g/mol. The van der Waals surface area contributed by atoms with Crippen LogP contribution >= 0.6 is 0 Å². The van der Waals surface area contributed by atoms with Crippen LogP contribution in [0.2, 0.25) is 0 Å². The van der Waals surface area contributed by atoms with Gasteiger partial charge in [-0.3, -0.25) is 0 Å². The molecule has 0 aromatic carbocycles. The zero-order valence-electron chi connectivity index (χ0n) is 12.8. The van der Waals surface area contributed by atoms with Gasteiger partial charge in [0.25, 0.3) is 0 Å². The summed E-state index contributed by atoms with van der Waals surface area (Å²) in [5, 5.41) is 0. The van der Waals surface area contributed by atoms with E-state index in [1.807, 2.05) is 32.9 Å². The van der Waals surface area contributed by atoms with E-state index in [1.54, 1.807) is 0 Å². The number of rotatable bonds is 5. The first-order chi connectivity index (χ1) is 8.23. The predicted octanol–water partition coefficient (Wildman–Crippen LogP) is 5.69. The minimum Gasteiger partial charge on any atom is -0.462 e. The fraction of sp³-hybridized carbons (Fsp3) is 0.412. The van der Waals surface area contributed by atoms with Crippen molar-refractivity contribution in [2.24, 2.45) is 0 Å². The highest BCUT2D eigenvalue weighted by Gasteiger charge is 2.05. The first-order valence-electron chi connectivity index (χ1n) is 6.25. The lowest BCUT2D eigenvalue weighted by molar-refractivity contribution is 0.311. The molecule has 0 fully saturated rings. The molecule has 0 saturated carbocycles. The van der Waals surface area contributed by atoms with Gasteiger partial charge in [0.05, 0.1) is 0 Å². The largest absolute Gasteiger partial charge is 0.462 e. The van der Waals surface area contributed by atoms with Crippen molar-refractivity contribution in [3.8, 4) is 0 Å². The molecule has 0 unspecified atom stereocenters. The minimum absolute atomic E-state index is 0.891. The molecule has 0 N–H and O–H groups in total. The average molecular weight is 246 g/mol. The van der Waals surface area contributed by atoms with Crippen molar-refractivity contribution < 1.29 is 4.74 Å². The Labute approximate surface area is 112 Å². The molecule has 0 spiro atoms. The molecule has 0 atom stereocenters. The Morgan fingerprint density at radius 1 is 0.889 bits per heavy atom. The molecule has 0 saturated heterocycles. The molecule has 1 heteroatoms. The predicted molar refractivity (Wildman–Crippen MR) is 81.2 cm³/mol. The lowest BCUT2D eigenvalue weighted by atomic mass is 10.1. The standard InChI is InChI=1S/C17H26O/c1-12(2)9-10-16(8)18-17(14(5)6)15(7)11-13(3)4/h9-11H,3H2,1-2,4-8H3. The quantitative estimate of drug-likeness (QED) is 0.447. The van der Waals surface area contributed by atoms with Gasteiger partial charge < -0.3 is 4.74 Å². The second-order valence-electron chi connectivity index (χ2n) is 5.13. The van der Waals surface area contributed by atoms with Crippen LogP contribution in [0.4, 0.5) is 0 Å². The Bertz CT molecular complexity index is 421. The maximum Gasteiger partial charge on any atom is 0.128 e. The Morgan fingerprint density at radius 3 is 1.83 bits per heavy atom. The van der Waals surface area contributed by atoms with Crippen LogP contribution in [0.25, 0.3) is 0 Å². The highest BCUT2D eigenvalue weighted by Crippen LogP contribution is 2.20. The number of allylic oxidation sites excluding steroid dienone is 8. The van der Waals surface area contributed by atoms with Crippen LogP contribution in [0.3, 0.4) is 0 Å². The van der Waals surface area contributed by atoms with E-state index in [0.717, 1.165) is 28.2 Å². The molecule has 0 bridgehead atoms. The van der Waals surface area contributed by atoms with Gasteiger partial charge in [0.2, 0.25) is 0 Å². The molecule has 0 aromatic rings. The van der Waals surface area contributed by atoms with Gasteiger partial charge in [0, 0.05) is 0 Å². The summed E-state index contributed by atoms with van der Waals surface area (Å²) in [4.78, 5) is 0. The number of hydrogen-bond acceptors (Lipinski definition) is 1. The van der Waals surface area contributed by atoms with Crippen LogP contribution in [0, 0.1) is 0 Å². The van der Waals surface area contributed by atoms with Gasteiger partial charge in [-0.2, -0.15) is 0 Å². The molecule has 0 aromatic heterocycles. The van der Waals surface area contributed by atoms with E-state index in [9.17, 15) is 0 Å². The molecule has 0 aliphatic rings. The molecule has 0 aliphatic carbocycles. The first-order valence-corrected chi connectivity index (χ1v) is 6.25. The van der Waals surface area contributed by atoms with Crippen LogP contribution in [-0.2, 0) is 4.74 Å². The molecule has 18 heavy (non-hydrogen) atoms. The Hall–Kier alpha value is -1.50. The Morgan fingerprint density at radius 2 is 1.44 bits per heavy atom. The van der Waals surface area contributed by atoms with Crippen LogP contribution in [0.15, 0.2) is 58.6 Å². The third-order valence-electron chi connectivity index (χ3n) is 2.19. The van der Waals surface area contributed by atoms with E-state index in [4.69, 9.17) is 4.74 Å². The monoisotopic (exact) mass is 246 g/mol. The Kier molecular flexibility index (Phi) is 7.11. The molecule has 0 radical (unpaired) electrons. The van der Waals surface area contributed by atoms with Crippen molar-refractivity contribution in [1.29, 1.82) is 0 Å². The molecule has 0 rings (SSSR count). The lowest BCUT2D eigenvalue weighted by Gasteiger charge is -2.13. The summed E-state index contributed by atoms with van der Waals surface area (Å²) < 4.78 is 5.91. The van der Waals surface area contributed by atoms with E-state index in [2.05, 4.69) is 40.3 Å². The van der Waals surface area contributed by atoms with Crippen molar-refractivity contribution in [2.75, 3.05) is 0 Å². The first kappa shape index (κ1) is 16.5. The van der Waals surface area contributed by atoms with E-state index >= 15 is 0 Å². The van der Waals surface area contributed by atoms with E-state index in [1.165, 1.54) is 5.57 Å². The summed E-state index contributed by atoms with van der Waals surface area (Å²) in [6, 6.07) is 0. The van der Waals surface area contributed by atoms with Crippen molar-refractivity contribution in [3.05, 3.63) is 58.6 Å². The van der Waals surface area contributed by atoms with Gasteiger partial charge in [0.1, 0.15) is 11.5 Å². The van der Waals surface area contributed by atoms with Crippen LogP contribution in [0.1, 0.15) is 48.5 Å². The molecule has 0 aliphatic heterocycles. The van der Waals surface area contributed by atoms with E-state index in [-0.39, 0.29) is 0 Å². The van der Waals surface area contributed by atoms with Gasteiger partial charge in [-0.1, -0.05) is 29.9 Å². The Balaban J connectivity index is 5.11. The van der Waals surface area contributed by atoms with Gasteiger partial charge in [0.15, 0.2) is 0 Å². The summed E-state index contributed by atoms with van der Waals surface area (Å²) in [6.45, 7) is 18.1. The third kappa shape index (κ3) is 6.95. The highest BCUT2D eigenvalue weighted by atomic mass is 16.5. The number of hydrogen-bond donors (Lipinski definition) is 0. The smallest absolute Gasteiger partial charge is 0.128 e. The molecule has 0 amide bonds. The normalized spacial score (nSPS) is 11.9. The van der Waals surface area contributed by atoms with Crippen molar-refractivity contribution in [2.45, 2.75) is 48.5 Å². The maximum absolute atomic E-state index is 5.91. The second kappa shape index (κ2) is 7.75. The fourth-order valence-corrected chi connectivity index (χ4v) is 1.49. The minimum atomic E-state index is 0.891. The summed E-state index contributed by atoms with van der Waals surface area (Å²) in [5.74, 6) is 1.82. The van der Waals surface area contributed by atoms with Crippen molar-refractivity contribution >= 4 is 0 Å². The molecule has 0 heterocycles. The lowest BCUT2D eigenvalue weighted by Crippen LogP contribution is -1.95. The van der Waals surface area contributed by atoms with Crippen molar-refractivity contribution in [3.63, 3.8) is 0 Å². The topological polar surface area (TPSA) is 9.23 Å². The van der Waals surface area contributed by atoms with Gasteiger partial charge >= 0.3 is 0 Å². The molecular formula is C17H26O. The van der Waals surface area contributed by atoms with E-state index in [0.29, 0.717) is 0 Å². The van der Waals surface area contributed by atoms with Crippen LogP contribution in [0.5, 0.6) is 0 Å². The SMILES string of the molecule is C=C(C)C=C(C)C(OC(C)=CC=C(C)C)=C(C)C. The summed E-state index contributed by atoms with van der Waals surface area (Å²) in [7, 11) is 0. The average Bonchev–Trinajstić information content (AvgIpc) is 2.21. The summed E-state index contributed by atoms with van der Waals surface area (Å²) in [6.07, 6.45) is 6.08. The molecule has 1 nitrogen and oxygen atoms in total. The van der Waals surface area contributed by atoms with Gasteiger partial charge in [-0.15, -0.1) is 0 Å². The zero-order valence-corrected chi connectivity index (χ0v) is 12.8. The maximum atomic E-state index is 5.91. The summed E-state index contributed by atoms with van der Waals surface area (Å²) in [5.41, 5.74) is 4.55. The van der Waals surface area contributed by atoms with Gasteiger partial charge in [-0.05, 0) is 65.7 Å². The van der Waals surface area contributed by atoms with Crippen LogP contribution < -0.4 is 0 Å². The highest BCUT2D eigenvalue weighted by molar-refractivity contribution is 5.34. The fourth-order valence-electron chi connectivity index (χ4n) is 1.49. The third-order valence-corrected chi connectivity index (χ3v) is 2.19. The molecule has 100 valence electrons. The van der Waals surface area contributed by atoms with Gasteiger partial charge in [-0.25, -0.2) is 0 Å². The summed E-state index contributed by atoms with van der Waals surface area (Å²) >= 11 is 0.